The Bertz CT molecular complexity index is 95.6. The summed E-state index contributed by atoms with van der Waals surface area (Å²) in [6.07, 6.45) is 3.46. The molecule has 58 valence electrons. The summed E-state index contributed by atoms with van der Waals surface area (Å²) in [7, 11) is 1.91. The molecule has 0 saturated carbocycles. The van der Waals surface area contributed by atoms with Crippen molar-refractivity contribution in [1.82, 2.24) is 5.23 Å². The van der Waals surface area contributed by atoms with Gasteiger partial charge in [-0.05, 0) is 19.4 Å². The summed E-state index contributed by atoms with van der Waals surface area (Å²) in [6.45, 7) is 2.99. The summed E-state index contributed by atoms with van der Waals surface area (Å²) in [6, 6.07) is 0. The smallest absolute Gasteiger partial charge is 0.181 e. The highest BCUT2D eigenvalue weighted by atomic mass is 16.1. The zero-order valence-corrected chi connectivity index (χ0v) is 6.94. The normalized spacial score (nSPS) is 9.70. The number of carbonyl (C=O) groups excluding carboxylic acids is 1. The molecule has 0 aromatic rings. The Morgan fingerprint density at radius 1 is 1.50 bits per heavy atom. The van der Waals surface area contributed by atoms with Crippen LogP contribution >= 0.6 is 0 Å². The third-order valence-electron chi connectivity index (χ3n) is 1.41. The number of rotatable bonds is 6. The largest absolute Gasteiger partial charge is 0.362 e. The van der Waals surface area contributed by atoms with Gasteiger partial charge in [-0.1, -0.05) is 6.92 Å². The van der Waals surface area contributed by atoms with E-state index in [4.69, 9.17) is 0 Å². The van der Waals surface area contributed by atoms with Gasteiger partial charge in [0.05, 0.1) is 0 Å². The minimum atomic E-state index is 0.401. The standard InChI is InChI=1S/C7H16BNO/c1-2-4-7(10)5-3-6-9-8/h9H,2-6,8H2,1H3. The molecule has 0 bridgehead atoms. The van der Waals surface area contributed by atoms with Crippen LogP contribution in [0.15, 0.2) is 0 Å². The lowest BCUT2D eigenvalue weighted by Crippen LogP contribution is -2.11. The number of nitrogens with one attached hydrogen (secondary N) is 1. The summed E-state index contributed by atoms with van der Waals surface area (Å²) in [5, 5.41) is 3.01. The maximum Gasteiger partial charge on any atom is 0.181 e. The van der Waals surface area contributed by atoms with Gasteiger partial charge in [0.15, 0.2) is 7.98 Å². The summed E-state index contributed by atoms with van der Waals surface area (Å²) in [4.78, 5) is 10.9. The first-order chi connectivity index (χ1) is 4.81. The summed E-state index contributed by atoms with van der Waals surface area (Å²) < 4.78 is 0. The van der Waals surface area contributed by atoms with Crippen molar-refractivity contribution >= 4 is 13.8 Å². The van der Waals surface area contributed by atoms with Crippen molar-refractivity contribution in [3.05, 3.63) is 0 Å². The first-order valence-corrected chi connectivity index (χ1v) is 3.97. The van der Waals surface area contributed by atoms with Crippen molar-refractivity contribution < 1.29 is 4.79 Å². The predicted octanol–water partition coefficient (Wildman–Crippen LogP) is 0.273. The molecule has 10 heavy (non-hydrogen) atoms. The molecule has 3 heteroatoms. The molecule has 0 aliphatic heterocycles. The van der Waals surface area contributed by atoms with E-state index in [9.17, 15) is 4.79 Å². The molecule has 0 amide bonds. The highest BCUT2D eigenvalue weighted by molar-refractivity contribution is 6.04. The van der Waals surface area contributed by atoms with Gasteiger partial charge in [-0.3, -0.25) is 4.79 Å². The lowest BCUT2D eigenvalue weighted by atomic mass is 10.1. The third-order valence-corrected chi connectivity index (χ3v) is 1.41. The monoisotopic (exact) mass is 141 g/mol. The van der Waals surface area contributed by atoms with Gasteiger partial charge in [0.2, 0.25) is 0 Å². The van der Waals surface area contributed by atoms with Crippen molar-refractivity contribution in [1.29, 1.82) is 0 Å². The minimum absolute atomic E-state index is 0.401. The Hall–Kier alpha value is -0.305. The lowest BCUT2D eigenvalue weighted by Gasteiger charge is -1.97. The fourth-order valence-corrected chi connectivity index (χ4v) is 0.866. The first-order valence-electron chi connectivity index (χ1n) is 3.97. The molecule has 0 atom stereocenters. The number of carbonyl (C=O) groups is 1. The van der Waals surface area contributed by atoms with E-state index in [1.807, 2.05) is 14.9 Å². The molecule has 0 aromatic heterocycles. The van der Waals surface area contributed by atoms with Gasteiger partial charge < -0.3 is 5.23 Å². The van der Waals surface area contributed by atoms with E-state index in [1.54, 1.807) is 0 Å². The topological polar surface area (TPSA) is 29.1 Å². The Kier molecular flexibility index (Phi) is 6.60. The molecule has 0 spiro atoms. The highest BCUT2D eigenvalue weighted by Crippen LogP contribution is 1.96. The minimum Gasteiger partial charge on any atom is -0.362 e. The molecule has 0 aromatic carbocycles. The number of ketones is 1. The third kappa shape index (κ3) is 5.82. The Labute approximate surface area is 63.8 Å². The molecule has 0 aliphatic carbocycles. The van der Waals surface area contributed by atoms with E-state index < -0.39 is 0 Å². The van der Waals surface area contributed by atoms with Crippen LogP contribution in [0.5, 0.6) is 0 Å². The quantitative estimate of drug-likeness (QED) is 0.425. The van der Waals surface area contributed by atoms with E-state index in [0.29, 0.717) is 5.78 Å². The van der Waals surface area contributed by atoms with Crippen LogP contribution in [0.2, 0.25) is 0 Å². The van der Waals surface area contributed by atoms with Gasteiger partial charge in [0.1, 0.15) is 5.78 Å². The van der Waals surface area contributed by atoms with Crippen LogP contribution in [0.4, 0.5) is 0 Å². The number of hydrogen-bond acceptors (Lipinski definition) is 2. The summed E-state index contributed by atoms with van der Waals surface area (Å²) >= 11 is 0. The zero-order chi connectivity index (χ0) is 7.82. The van der Waals surface area contributed by atoms with Crippen molar-refractivity contribution in [3.63, 3.8) is 0 Å². The zero-order valence-electron chi connectivity index (χ0n) is 6.94. The first kappa shape index (κ1) is 9.69. The second-order valence-corrected chi connectivity index (χ2v) is 2.50. The summed E-state index contributed by atoms with van der Waals surface area (Å²) in [5.74, 6) is 0.401. The number of hydrogen-bond donors (Lipinski definition) is 1. The van der Waals surface area contributed by atoms with Crippen molar-refractivity contribution in [2.75, 3.05) is 6.54 Å². The fraction of sp³-hybridized carbons (Fsp3) is 0.857. The van der Waals surface area contributed by atoms with Crippen LogP contribution in [0, 0.1) is 0 Å². The highest BCUT2D eigenvalue weighted by Gasteiger charge is 1.97. The van der Waals surface area contributed by atoms with E-state index in [-0.39, 0.29) is 0 Å². The van der Waals surface area contributed by atoms with Gasteiger partial charge >= 0.3 is 0 Å². The molecular formula is C7H16BNO. The molecule has 0 rings (SSSR count). The molecule has 2 nitrogen and oxygen atoms in total. The lowest BCUT2D eigenvalue weighted by molar-refractivity contribution is -0.119. The van der Waals surface area contributed by atoms with Crippen LogP contribution in [0.25, 0.3) is 0 Å². The van der Waals surface area contributed by atoms with Crippen LogP contribution in [-0.2, 0) is 4.79 Å². The second kappa shape index (κ2) is 6.81. The van der Waals surface area contributed by atoms with Gasteiger partial charge in [-0.15, -0.1) is 0 Å². The predicted molar refractivity (Wildman–Crippen MR) is 45.7 cm³/mol. The van der Waals surface area contributed by atoms with E-state index >= 15 is 0 Å². The maximum absolute atomic E-state index is 10.9. The second-order valence-electron chi connectivity index (χ2n) is 2.50. The van der Waals surface area contributed by atoms with Crippen molar-refractivity contribution in [2.24, 2.45) is 0 Å². The SMILES string of the molecule is BNCCCC(=O)CCC. The van der Waals surface area contributed by atoms with E-state index in [1.165, 1.54) is 0 Å². The van der Waals surface area contributed by atoms with Gasteiger partial charge in [-0.25, -0.2) is 0 Å². The molecule has 0 saturated heterocycles. The van der Waals surface area contributed by atoms with E-state index in [0.717, 1.165) is 32.2 Å². The average molecular weight is 141 g/mol. The van der Waals surface area contributed by atoms with Crippen molar-refractivity contribution in [3.8, 4) is 0 Å². The molecule has 0 heterocycles. The molecule has 0 fully saturated rings. The molecule has 1 N–H and O–H groups in total. The maximum atomic E-state index is 10.9. The fourth-order valence-electron chi connectivity index (χ4n) is 0.866. The van der Waals surface area contributed by atoms with Crippen LogP contribution in [0.1, 0.15) is 32.6 Å². The molecule has 0 unspecified atom stereocenters. The number of Topliss-reactive ketones (excluding diaryl/α,β-unsaturated/α-hetero) is 1. The Morgan fingerprint density at radius 2 is 2.20 bits per heavy atom. The van der Waals surface area contributed by atoms with Gasteiger partial charge in [0.25, 0.3) is 0 Å². The van der Waals surface area contributed by atoms with Crippen LogP contribution < -0.4 is 5.23 Å². The van der Waals surface area contributed by atoms with E-state index in [2.05, 4.69) is 5.23 Å². The molecule has 0 radical (unpaired) electrons. The molecule has 0 aliphatic rings. The molecular weight excluding hydrogens is 125 g/mol. The van der Waals surface area contributed by atoms with Gasteiger partial charge in [0, 0.05) is 12.8 Å². The Balaban J connectivity index is 3.05. The average Bonchev–Trinajstić information content (AvgIpc) is 1.89. The van der Waals surface area contributed by atoms with Crippen molar-refractivity contribution in [2.45, 2.75) is 32.6 Å². The van der Waals surface area contributed by atoms with Crippen LogP contribution in [-0.4, -0.2) is 20.3 Å². The van der Waals surface area contributed by atoms with Gasteiger partial charge in [-0.2, -0.15) is 0 Å². The summed E-state index contributed by atoms with van der Waals surface area (Å²) in [5.41, 5.74) is 0. The Morgan fingerprint density at radius 3 is 2.70 bits per heavy atom. The van der Waals surface area contributed by atoms with Crippen LogP contribution in [0.3, 0.4) is 0 Å².